The fourth-order valence-electron chi connectivity index (χ4n) is 4.45. The number of sulfonamides is 1. The van der Waals surface area contributed by atoms with E-state index < -0.39 is 10.0 Å². The summed E-state index contributed by atoms with van der Waals surface area (Å²) in [6.45, 7) is 1.96. The molecule has 5 rings (SSSR count). The zero-order valence-electron chi connectivity index (χ0n) is 17.7. The maximum Gasteiger partial charge on any atom is 0.252 e. The van der Waals surface area contributed by atoms with Gasteiger partial charge < -0.3 is 10.2 Å². The summed E-state index contributed by atoms with van der Waals surface area (Å²) in [5.74, 6) is 1.55. The minimum absolute atomic E-state index is 0.374. The molecule has 0 atom stereocenters. The van der Waals surface area contributed by atoms with Gasteiger partial charge in [0, 0.05) is 37.6 Å². The molecule has 32 heavy (non-hydrogen) atoms. The van der Waals surface area contributed by atoms with Crippen LogP contribution in [0.25, 0.3) is 10.9 Å². The van der Waals surface area contributed by atoms with E-state index in [2.05, 4.69) is 32.2 Å². The Labute approximate surface area is 201 Å². The van der Waals surface area contributed by atoms with Crippen molar-refractivity contribution in [2.24, 2.45) is 0 Å². The zero-order chi connectivity index (χ0) is 22.1. The predicted molar refractivity (Wildman–Crippen MR) is 133 cm³/mol. The van der Waals surface area contributed by atoms with Gasteiger partial charge in [-0.1, -0.05) is 31.4 Å². The summed E-state index contributed by atoms with van der Waals surface area (Å²) in [6.07, 6.45) is 6.16. The van der Waals surface area contributed by atoms with Crippen molar-refractivity contribution >= 4 is 60.0 Å². The molecule has 1 aliphatic carbocycles. The maximum absolute atomic E-state index is 12.9. The first-order valence-electron chi connectivity index (χ1n) is 11.0. The lowest BCUT2D eigenvalue weighted by Crippen LogP contribution is -2.49. The van der Waals surface area contributed by atoms with Crippen LogP contribution in [0.1, 0.15) is 32.1 Å². The topological polar surface area (TPSA) is 78.4 Å². The molecule has 1 N–H and O–H groups in total. The Balaban J connectivity index is 1.36. The van der Waals surface area contributed by atoms with Gasteiger partial charge in [-0.2, -0.15) is 9.29 Å². The number of piperazine rings is 1. The molecule has 1 aromatic carbocycles. The van der Waals surface area contributed by atoms with E-state index in [-0.39, 0.29) is 0 Å². The summed E-state index contributed by atoms with van der Waals surface area (Å²) in [5, 5.41) is 4.71. The average Bonchev–Trinajstić information content (AvgIpc) is 3.27. The predicted octanol–water partition coefficient (Wildman–Crippen LogP) is 4.71. The molecule has 7 nitrogen and oxygen atoms in total. The molecular formula is C22H26BrN5O2S2. The van der Waals surface area contributed by atoms with E-state index in [0.717, 1.165) is 20.5 Å². The summed E-state index contributed by atoms with van der Waals surface area (Å²) in [7, 11) is -3.47. The van der Waals surface area contributed by atoms with E-state index in [1.165, 1.54) is 43.4 Å². The van der Waals surface area contributed by atoms with E-state index >= 15 is 0 Å². The number of halogens is 1. The summed E-state index contributed by atoms with van der Waals surface area (Å²) in [4.78, 5) is 11.8. The summed E-state index contributed by atoms with van der Waals surface area (Å²) in [6, 6.07) is 12.0. The highest BCUT2D eigenvalue weighted by Gasteiger charge is 2.30. The molecule has 0 radical (unpaired) electrons. The fourth-order valence-corrected chi connectivity index (χ4v) is 8.03. The highest BCUT2D eigenvalue weighted by molar-refractivity contribution is 9.11. The first-order chi connectivity index (χ1) is 15.5. The number of nitrogens with one attached hydrogen (secondary N) is 1. The van der Waals surface area contributed by atoms with E-state index in [4.69, 9.17) is 9.97 Å². The van der Waals surface area contributed by atoms with Crippen LogP contribution < -0.4 is 10.2 Å². The molecule has 3 heterocycles. The van der Waals surface area contributed by atoms with Crippen LogP contribution >= 0.6 is 27.3 Å². The fraction of sp³-hybridized carbons (Fsp3) is 0.455. The van der Waals surface area contributed by atoms with Crippen molar-refractivity contribution in [1.82, 2.24) is 14.3 Å². The molecule has 170 valence electrons. The number of para-hydroxylation sites is 1. The molecular weight excluding hydrogens is 510 g/mol. The minimum Gasteiger partial charge on any atom is -0.367 e. The van der Waals surface area contributed by atoms with Crippen molar-refractivity contribution in [3.8, 4) is 0 Å². The van der Waals surface area contributed by atoms with Gasteiger partial charge in [-0.05, 0) is 53.0 Å². The number of rotatable bonds is 5. The third kappa shape index (κ3) is 4.50. The second-order valence-corrected chi connectivity index (χ2v) is 12.9. The number of anilines is 2. The van der Waals surface area contributed by atoms with Crippen molar-refractivity contribution in [3.05, 3.63) is 40.2 Å². The molecule has 0 spiro atoms. The molecule has 3 aromatic rings. The lowest BCUT2D eigenvalue weighted by molar-refractivity contribution is 0.383. The number of nitrogens with zero attached hydrogens (tertiary/aromatic N) is 4. The highest BCUT2D eigenvalue weighted by Crippen LogP contribution is 2.30. The number of thiophene rings is 1. The lowest BCUT2D eigenvalue weighted by atomic mass is 9.95. The Kier molecular flexibility index (Phi) is 6.37. The SMILES string of the molecule is O=S(=O)(c1ccc(Br)s1)N1CCN(c2nc(NC3CCCCC3)c3ccccc3n2)CC1. The number of fused-ring (bicyclic) bond motifs is 1. The lowest BCUT2D eigenvalue weighted by Gasteiger charge is -2.34. The molecule has 2 aromatic heterocycles. The summed E-state index contributed by atoms with van der Waals surface area (Å²) >= 11 is 4.60. The highest BCUT2D eigenvalue weighted by atomic mass is 79.9. The smallest absolute Gasteiger partial charge is 0.252 e. The molecule has 1 saturated heterocycles. The Morgan fingerprint density at radius 3 is 2.44 bits per heavy atom. The Hall–Kier alpha value is -1.75. The average molecular weight is 537 g/mol. The molecule has 0 amide bonds. The third-order valence-electron chi connectivity index (χ3n) is 6.20. The van der Waals surface area contributed by atoms with Gasteiger partial charge >= 0.3 is 0 Å². The first kappa shape index (κ1) is 22.1. The van der Waals surface area contributed by atoms with Crippen LogP contribution in [0.2, 0.25) is 0 Å². The molecule has 2 aliphatic rings. The van der Waals surface area contributed by atoms with Gasteiger partial charge in [0.05, 0.1) is 9.30 Å². The summed E-state index contributed by atoms with van der Waals surface area (Å²) < 4.78 is 28.6. The van der Waals surface area contributed by atoms with Crippen LogP contribution in [0.15, 0.2) is 44.4 Å². The van der Waals surface area contributed by atoms with Gasteiger partial charge in [-0.3, -0.25) is 0 Å². The van der Waals surface area contributed by atoms with Crippen LogP contribution in [0.4, 0.5) is 11.8 Å². The standard InChI is InChI=1S/C22H26BrN5O2S2/c23-19-10-11-20(31-19)32(29,30)28-14-12-27(13-15-28)22-25-18-9-5-4-8-17(18)21(26-22)24-16-6-2-1-3-7-16/h4-5,8-11,16H,1-3,6-7,12-15H2,(H,24,25,26). The van der Waals surface area contributed by atoms with Gasteiger partial charge in [0.15, 0.2) is 0 Å². The van der Waals surface area contributed by atoms with E-state index in [1.54, 1.807) is 16.4 Å². The third-order valence-corrected chi connectivity index (χ3v) is 10.2. The minimum atomic E-state index is -3.47. The first-order valence-corrected chi connectivity index (χ1v) is 14.1. The van der Waals surface area contributed by atoms with Crippen molar-refractivity contribution in [3.63, 3.8) is 0 Å². The van der Waals surface area contributed by atoms with Crippen LogP contribution in [-0.4, -0.2) is 54.9 Å². The van der Waals surface area contributed by atoms with Gasteiger partial charge in [0.2, 0.25) is 5.95 Å². The number of hydrogen-bond donors (Lipinski definition) is 1. The van der Waals surface area contributed by atoms with Crippen LogP contribution in [-0.2, 0) is 10.0 Å². The van der Waals surface area contributed by atoms with E-state index in [0.29, 0.717) is 42.4 Å². The molecule has 0 bridgehead atoms. The molecule has 1 aliphatic heterocycles. The monoisotopic (exact) mass is 535 g/mol. The summed E-state index contributed by atoms with van der Waals surface area (Å²) in [5.41, 5.74) is 0.911. The number of hydrogen-bond acceptors (Lipinski definition) is 7. The Bertz CT molecular complexity index is 1200. The number of aromatic nitrogens is 2. The van der Waals surface area contributed by atoms with Crippen LogP contribution in [0.3, 0.4) is 0 Å². The number of benzene rings is 1. The van der Waals surface area contributed by atoms with E-state index in [1.807, 2.05) is 18.2 Å². The van der Waals surface area contributed by atoms with Crippen molar-refractivity contribution in [1.29, 1.82) is 0 Å². The van der Waals surface area contributed by atoms with Crippen LogP contribution in [0, 0.1) is 0 Å². The van der Waals surface area contributed by atoms with Crippen LogP contribution in [0.5, 0.6) is 0 Å². The second-order valence-electron chi connectivity index (χ2n) is 8.32. The second kappa shape index (κ2) is 9.24. The van der Waals surface area contributed by atoms with Crippen molar-refractivity contribution in [2.75, 3.05) is 36.4 Å². The van der Waals surface area contributed by atoms with E-state index in [9.17, 15) is 8.42 Å². The largest absolute Gasteiger partial charge is 0.367 e. The Morgan fingerprint density at radius 1 is 0.969 bits per heavy atom. The van der Waals surface area contributed by atoms with Crippen molar-refractivity contribution < 1.29 is 8.42 Å². The van der Waals surface area contributed by atoms with Gasteiger partial charge in [0.25, 0.3) is 10.0 Å². The Morgan fingerprint density at radius 2 is 1.72 bits per heavy atom. The quantitative estimate of drug-likeness (QED) is 0.509. The maximum atomic E-state index is 12.9. The normalized spacial score (nSPS) is 18.8. The molecule has 0 unspecified atom stereocenters. The van der Waals surface area contributed by atoms with Gasteiger partial charge in [-0.25, -0.2) is 13.4 Å². The zero-order valence-corrected chi connectivity index (χ0v) is 20.9. The molecule has 2 fully saturated rings. The van der Waals surface area contributed by atoms with Crippen molar-refractivity contribution in [2.45, 2.75) is 42.4 Å². The molecule has 1 saturated carbocycles. The van der Waals surface area contributed by atoms with Gasteiger partial charge in [0.1, 0.15) is 10.0 Å². The van der Waals surface area contributed by atoms with Gasteiger partial charge in [-0.15, -0.1) is 11.3 Å². The molecule has 10 heteroatoms.